The molecule has 5 heteroatoms. The lowest BCUT2D eigenvalue weighted by molar-refractivity contribution is -0.132. The van der Waals surface area contributed by atoms with Gasteiger partial charge in [-0.2, -0.15) is 0 Å². The van der Waals surface area contributed by atoms with E-state index in [2.05, 4.69) is 47.9 Å². The second kappa shape index (κ2) is 9.77. The first kappa shape index (κ1) is 19.7. The lowest BCUT2D eigenvalue weighted by Gasteiger charge is -2.31. The number of guanidine groups is 1. The van der Waals surface area contributed by atoms with Crippen LogP contribution in [0.15, 0.2) is 35.3 Å². The van der Waals surface area contributed by atoms with Crippen molar-refractivity contribution in [2.75, 3.05) is 26.7 Å². The second-order valence-electron chi connectivity index (χ2n) is 8.00. The molecule has 0 bridgehead atoms. The van der Waals surface area contributed by atoms with Crippen molar-refractivity contribution < 1.29 is 4.79 Å². The molecule has 1 aromatic carbocycles. The van der Waals surface area contributed by atoms with Gasteiger partial charge in [0.25, 0.3) is 0 Å². The van der Waals surface area contributed by atoms with Gasteiger partial charge in [-0.3, -0.25) is 9.79 Å². The molecule has 2 N–H and O–H groups in total. The zero-order valence-corrected chi connectivity index (χ0v) is 16.8. The average molecular weight is 371 g/mol. The SMILES string of the molecule is CCNC(=NCC1CCC(c2ccccc2)CC1)NC1CCC(=O)N(C)C1. The molecule has 0 aromatic heterocycles. The van der Waals surface area contributed by atoms with Gasteiger partial charge in [0.2, 0.25) is 5.91 Å². The lowest BCUT2D eigenvalue weighted by atomic mass is 9.79. The summed E-state index contributed by atoms with van der Waals surface area (Å²) in [6.45, 7) is 4.59. The molecule has 3 rings (SSSR count). The highest BCUT2D eigenvalue weighted by atomic mass is 16.2. The predicted octanol–water partition coefficient (Wildman–Crippen LogP) is 3.14. The Morgan fingerprint density at radius 2 is 1.89 bits per heavy atom. The summed E-state index contributed by atoms with van der Waals surface area (Å²) in [6.07, 6.45) is 6.55. The number of amides is 1. The number of likely N-dealkylation sites (N-methyl/N-ethyl adjacent to an activating group) is 1. The maximum absolute atomic E-state index is 11.7. The Kier molecular flexibility index (Phi) is 7.13. The summed E-state index contributed by atoms with van der Waals surface area (Å²) in [7, 11) is 1.88. The van der Waals surface area contributed by atoms with Crippen molar-refractivity contribution in [2.45, 2.75) is 57.4 Å². The molecule has 0 spiro atoms. The van der Waals surface area contributed by atoms with Crippen LogP contribution in [0.5, 0.6) is 0 Å². The Morgan fingerprint density at radius 1 is 1.15 bits per heavy atom. The molecule has 0 radical (unpaired) electrons. The Morgan fingerprint density at radius 3 is 2.56 bits per heavy atom. The van der Waals surface area contributed by atoms with E-state index < -0.39 is 0 Å². The largest absolute Gasteiger partial charge is 0.357 e. The number of benzene rings is 1. The topological polar surface area (TPSA) is 56.7 Å². The van der Waals surface area contributed by atoms with Crippen molar-refractivity contribution in [1.82, 2.24) is 15.5 Å². The van der Waals surface area contributed by atoms with Crippen molar-refractivity contribution in [2.24, 2.45) is 10.9 Å². The monoisotopic (exact) mass is 370 g/mol. The molecule has 1 saturated carbocycles. The van der Waals surface area contributed by atoms with Gasteiger partial charge in [-0.25, -0.2) is 0 Å². The van der Waals surface area contributed by atoms with Crippen molar-refractivity contribution in [3.8, 4) is 0 Å². The molecule has 1 heterocycles. The zero-order chi connectivity index (χ0) is 19.1. The first-order valence-corrected chi connectivity index (χ1v) is 10.5. The Labute approximate surface area is 163 Å². The first-order valence-electron chi connectivity index (χ1n) is 10.5. The van der Waals surface area contributed by atoms with E-state index in [-0.39, 0.29) is 5.91 Å². The van der Waals surface area contributed by atoms with Gasteiger partial charge in [-0.1, -0.05) is 30.3 Å². The van der Waals surface area contributed by atoms with Crippen LogP contribution in [0.2, 0.25) is 0 Å². The summed E-state index contributed by atoms with van der Waals surface area (Å²) in [4.78, 5) is 18.3. The number of nitrogens with zero attached hydrogens (tertiary/aromatic N) is 2. The molecule has 148 valence electrons. The van der Waals surface area contributed by atoms with Crippen molar-refractivity contribution >= 4 is 11.9 Å². The number of carbonyl (C=O) groups excluding carboxylic acids is 1. The molecular formula is C22H34N4O. The highest BCUT2D eigenvalue weighted by molar-refractivity contribution is 5.81. The number of likely N-dealkylation sites (tertiary alicyclic amines) is 1. The van der Waals surface area contributed by atoms with Crippen LogP contribution in [0.4, 0.5) is 0 Å². The fraction of sp³-hybridized carbons (Fsp3) is 0.636. The van der Waals surface area contributed by atoms with Crippen molar-refractivity contribution in [1.29, 1.82) is 0 Å². The third-order valence-corrected chi connectivity index (χ3v) is 5.94. The quantitative estimate of drug-likeness (QED) is 0.618. The van der Waals surface area contributed by atoms with Gasteiger partial charge in [0.1, 0.15) is 0 Å². The van der Waals surface area contributed by atoms with Gasteiger partial charge < -0.3 is 15.5 Å². The first-order chi connectivity index (χ1) is 13.2. The lowest BCUT2D eigenvalue weighted by Crippen LogP contribution is -2.51. The molecular weight excluding hydrogens is 336 g/mol. The number of hydrogen-bond donors (Lipinski definition) is 2. The molecule has 1 saturated heterocycles. The van der Waals surface area contributed by atoms with Crippen LogP contribution in [0.25, 0.3) is 0 Å². The van der Waals surface area contributed by atoms with Crippen LogP contribution >= 0.6 is 0 Å². The Balaban J connectivity index is 1.48. The highest BCUT2D eigenvalue weighted by Crippen LogP contribution is 2.35. The van der Waals surface area contributed by atoms with Gasteiger partial charge in [0, 0.05) is 39.1 Å². The van der Waals surface area contributed by atoms with Crippen LogP contribution in [0.1, 0.15) is 56.9 Å². The fourth-order valence-corrected chi connectivity index (χ4v) is 4.27. The molecule has 1 atom stereocenters. The average Bonchev–Trinajstić information content (AvgIpc) is 2.70. The van der Waals surface area contributed by atoms with E-state index in [1.807, 2.05) is 11.9 Å². The van der Waals surface area contributed by atoms with E-state index in [0.29, 0.717) is 24.3 Å². The minimum atomic E-state index is 0.241. The molecule has 2 aliphatic rings. The van der Waals surface area contributed by atoms with Crippen LogP contribution in [0, 0.1) is 5.92 Å². The molecule has 1 unspecified atom stereocenters. The minimum Gasteiger partial charge on any atom is -0.357 e. The number of piperidine rings is 1. The summed E-state index contributed by atoms with van der Waals surface area (Å²) >= 11 is 0. The fourth-order valence-electron chi connectivity index (χ4n) is 4.27. The van der Waals surface area contributed by atoms with E-state index in [4.69, 9.17) is 4.99 Å². The van der Waals surface area contributed by atoms with Crippen LogP contribution < -0.4 is 10.6 Å². The predicted molar refractivity (Wildman–Crippen MR) is 111 cm³/mol. The van der Waals surface area contributed by atoms with Crippen LogP contribution in [-0.2, 0) is 4.79 Å². The number of hydrogen-bond acceptors (Lipinski definition) is 2. The van der Waals surface area contributed by atoms with E-state index in [0.717, 1.165) is 32.0 Å². The van der Waals surface area contributed by atoms with E-state index in [1.165, 1.54) is 31.2 Å². The van der Waals surface area contributed by atoms with Gasteiger partial charge in [-0.15, -0.1) is 0 Å². The summed E-state index contributed by atoms with van der Waals surface area (Å²) in [5.74, 6) is 2.53. The van der Waals surface area contributed by atoms with E-state index in [1.54, 1.807) is 0 Å². The summed E-state index contributed by atoms with van der Waals surface area (Å²) < 4.78 is 0. The minimum absolute atomic E-state index is 0.241. The van der Waals surface area contributed by atoms with Gasteiger partial charge in [0.05, 0.1) is 0 Å². The van der Waals surface area contributed by atoms with Gasteiger partial charge in [-0.05, 0) is 56.4 Å². The van der Waals surface area contributed by atoms with Crippen molar-refractivity contribution in [3.63, 3.8) is 0 Å². The standard InChI is InChI=1S/C22H34N4O/c1-3-23-22(25-20-13-14-21(27)26(2)16-20)24-15-17-9-11-19(12-10-17)18-7-5-4-6-8-18/h4-8,17,19-20H,3,9-16H2,1-2H3,(H2,23,24,25). The number of rotatable bonds is 5. The molecule has 1 amide bonds. The van der Waals surface area contributed by atoms with Crippen LogP contribution in [-0.4, -0.2) is 49.5 Å². The third kappa shape index (κ3) is 5.72. The van der Waals surface area contributed by atoms with Crippen LogP contribution in [0.3, 0.4) is 0 Å². The van der Waals surface area contributed by atoms with Crippen molar-refractivity contribution in [3.05, 3.63) is 35.9 Å². The normalized spacial score (nSPS) is 26.7. The summed E-state index contributed by atoms with van der Waals surface area (Å²) in [5.41, 5.74) is 1.49. The Hall–Kier alpha value is -2.04. The summed E-state index contributed by atoms with van der Waals surface area (Å²) in [6, 6.07) is 11.2. The second-order valence-corrected chi connectivity index (χ2v) is 8.00. The third-order valence-electron chi connectivity index (χ3n) is 5.94. The molecule has 5 nitrogen and oxygen atoms in total. The number of aliphatic imine (C=N–C) groups is 1. The summed E-state index contributed by atoms with van der Waals surface area (Å²) in [5, 5.41) is 6.89. The molecule has 1 aliphatic heterocycles. The molecule has 1 aromatic rings. The maximum atomic E-state index is 11.7. The van der Waals surface area contributed by atoms with E-state index >= 15 is 0 Å². The van der Waals surface area contributed by atoms with Gasteiger partial charge in [0.15, 0.2) is 5.96 Å². The smallest absolute Gasteiger partial charge is 0.222 e. The molecule has 27 heavy (non-hydrogen) atoms. The highest BCUT2D eigenvalue weighted by Gasteiger charge is 2.24. The van der Waals surface area contributed by atoms with E-state index in [9.17, 15) is 4.79 Å². The number of carbonyl (C=O) groups is 1. The Bertz CT molecular complexity index is 622. The number of nitrogens with one attached hydrogen (secondary N) is 2. The molecule has 1 aliphatic carbocycles. The zero-order valence-electron chi connectivity index (χ0n) is 16.8. The maximum Gasteiger partial charge on any atom is 0.222 e. The molecule has 2 fully saturated rings. The van der Waals surface area contributed by atoms with Gasteiger partial charge >= 0.3 is 0 Å².